The lowest BCUT2D eigenvalue weighted by Gasteiger charge is -2.13. The normalized spacial score (nSPS) is 25.4. The molecule has 5 nitrogen and oxygen atoms in total. The van der Waals surface area contributed by atoms with Crippen LogP contribution >= 0.6 is 0 Å². The molecule has 3 rings (SSSR count). The van der Waals surface area contributed by atoms with Crippen molar-refractivity contribution in [2.45, 2.75) is 36.7 Å². The molecule has 0 aromatic heterocycles. The minimum atomic E-state index is -3.82. The third-order valence-electron chi connectivity index (χ3n) is 4.78. The van der Waals surface area contributed by atoms with Gasteiger partial charge in [0.05, 0.1) is 18.0 Å². The number of ether oxygens (including phenoxy) is 1. The molecule has 2 aromatic carbocycles. The molecule has 1 saturated heterocycles. The Morgan fingerprint density at radius 3 is 2.24 bits per heavy atom. The fraction of sp³-hybridized carbons (Fsp3) is 0.316. The van der Waals surface area contributed by atoms with Crippen LogP contribution in [0.1, 0.15) is 30.5 Å². The van der Waals surface area contributed by atoms with Crippen LogP contribution in [0.25, 0.3) is 0 Å². The lowest BCUT2D eigenvalue weighted by molar-refractivity contribution is -0.144. The average molecular weight is 359 g/mol. The molecule has 132 valence electrons. The molecule has 0 bridgehead atoms. The van der Waals surface area contributed by atoms with Gasteiger partial charge in [0.25, 0.3) is 0 Å². The molecule has 6 heteroatoms. The number of carbonyl (C=O) groups is 1. The van der Waals surface area contributed by atoms with Gasteiger partial charge in [-0.3, -0.25) is 0 Å². The first-order valence-corrected chi connectivity index (χ1v) is 9.58. The molecule has 0 N–H and O–H groups in total. The molecule has 0 radical (unpaired) electrons. The first-order chi connectivity index (χ1) is 11.9. The van der Waals surface area contributed by atoms with Crippen LogP contribution < -0.4 is 0 Å². The van der Waals surface area contributed by atoms with E-state index in [9.17, 15) is 13.2 Å². The average Bonchev–Trinajstić information content (AvgIpc) is 3.33. The standard InChI is InChI=1S/C19H21NO4S/c1-4-19(18(21)24-3)17(15-8-6-5-7-9-15)20(19)25(22,23)16-12-10-14(2)11-13-16/h5-13,17H,4H2,1-3H3/t17-,19+,20?/m0/s1. The van der Waals surface area contributed by atoms with E-state index in [1.807, 2.05) is 37.3 Å². The monoisotopic (exact) mass is 359 g/mol. The second-order valence-corrected chi connectivity index (χ2v) is 8.01. The fourth-order valence-corrected chi connectivity index (χ4v) is 5.37. The van der Waals surface area contributed by atoms with E-state index in [4.69, 9.17) is 4.74 Å². The Labute approximate surface area is 148 Å². The van der Waals surface area contributed by atoms with Crippen molar-refractivity contribution in [1.82, 2.24) is 4.31 Å². The van der Waals surface area contributed by atoms with Gasteiger partial charge in [0.1, 0.15) is 0 Å². The van der Waals surface area contributed by atoms with E-state index in [1.54, 1.807) is 31.2 Å². The van der Waals surface area contributed by atoms with Gasteiger partial charge in [-0.2, -0.15) is 4.31 Å². The maximum absolute atomic E-state index is 13.2. The quantitative estimate of drug-likeness (QED) is 0.608. The van der Waals surface area contributed by atoms with Gasteiger partial charge >= 0.3 is 5.97 Å². The minimum absolute atomic E-state index is 0.179. The summed E-state index contributed by atoms with van der Waals surface area (Å²) in [4.78, 5) is 12.7. The summed E-state index contributed by atoms with van der Waals surface area (Å²) in [6.07, 6.45) is 0.338. The number of hydrogen-bond acceptors (Lipinski definition) is 4. The molecule has 0 spiro atoms. The predicted octanol–water partition coefficient (Wildman–Crippen LogP) is 3.06. The Bertz CT molecular complexity index is 877. The maximum atomic E-state index is 13.2. The number of rotatable bonds is 5. The molecule has 0 aliphatic carbocycles. The van der Waals surface area contributed by atoms with Crippen LogP contribution in [0.15, 0.2) is 59.5 Å². The first-order valence-electron chi connectivity index (χ1n) is 8.14. The van der Waals surface area contributed by atoms with Crippen molar-refractivity contribution in [3.63, 3.8) is 0 Å². The zero-order chi connectivity index (χ0) is 18.2. The highest BCUT2D eigenvalue weighted by molar-refractivity contribution is 7.89. The number of methoxy groups -OCH3 is 1. The van der Waals surface area contributed by atoms with E-state index in [1.165, 1.54) is 11.4 Å². The highest BCUT2D eigenvalue weighted by Gasteiger charge is 2.73. The van der Waals surface area contributed by atoms with Crippen LogP contribution in [-0.4, -0.2) is 31.3 Å². The smallest absolute Gasteiger partial charge is 0.329 e. The molecule has 0 saturated carbocycles. The lowest BCUT2D eigenvalue weighted by atomic mass is 9.97. The third-order valence-corrected chi connectivity index (χ3v) is 6.71. The molecule has 2 aromatic rings. The van der Waals surface area contributed by atoms with Gasteiger partial charge in [-0.05, 0) is 31.0 Å². The summed E-state index contributed by atoms with van der Waals surface area (Å²) in [5.74, 6) is -0.528. The predicted molar refractivity (Wildman–Crippen MR) is 94.4 cm³/mol. The van der Waals surface area contributed by atoms with Gasteiger partial charge < -0.3 is 4.74 Å². The van der Waals surface area contributed by atoms with Crippen molar-refractivity contribution in [3.8, 4) is 0 Å². The number of carbonyl (C=O) groups excluding carboxylic acids is 1. The largest absolute Gasteiger partial charge is 0.468 e. The van der Waals surface area contributed by atoms with E-state index in [0.29, 0.717) is 6.42 Å². The first kappa shape index (κ1) is 17.6. The fourth-order valence-electron chi connectivity index (χ4n) is 3.40. The number of hydrogen-bond donors (Lipinski definition) is 0. The van der Waals surface area contributed by atoms with Crippen LogP contribution in [0.2, 0.25) is 0 Å². The summed E-state index contributed by atoms with van der Waals surface area (Å²) in [6, 6.07) is 15.3. The highest BCUT2D eigenvalue weighted by Crippen LogP contribution is 2.59. The Kier molecular flexibility index (Phi) is 4.43. The van der Waals surface area contributed by atoms with Crippen molar-refractivity contribution in [3.05, 3.63) is 65.7 Å². The van der Waals surface area contributed by atoms with E-state index >= 15 is 0 Å². The summed E-state index contributed by atoms with van der Waals surface area (Å²) < 4.78 is 32.6. The summed E-state index contributed by atoms with van der Waals surface area (Å²) in [6.45, 7) is 3.70. The van der Waals surface area contributed by atoms with Crippen LogP contribution in [0, 0.1) is 6.92 Å². The summed E-state index contributed by atoms with van der Waals surface area (Å²) in [5, 5.41) is 0. The SMILES string of the molecule is CC[C@]1(C(=O)OC)[C@H](c2ccccc2)N1S(=O)(=O)c1ccc(C)cc1. The summed E-state index contributed by atoms with van der Waals surface area (Å²) in [7, 11) is -2.53. The highest BCUT2D eigenvalue weighted by atomic mass is 32.2. The van der Waals surface area contributed by atoms with Gasteiger partial charge in [0.15, 0.2) is 5.54 Å². The number of aryl methyl sites for hydroxylation is 1. The molecule has 1 unspecified atom stereocenters. The Hall–Kier alpha value is -2.18. The number of nitrogens with zero attached hydrogens (tertiary/aromatic N) is 1. The topological polar surface area (TPSA) is 63.5 Å². The van der Waals surface area contributed by atoms with Gasteiger partial charge in [0.2, 0.25) is 10.0 Å². The van der Waals surface area contributed by atoms with E-state index in [0.717, 1.165) is 11.1 Å². The maximum Gasteiger partial charge on any atom is 0.329 e. The zero-order valence-corrected chi connectivity index (χ0v) is 15.3. The second-order valence-electron chi connectivity index (χ2n) is 6.20. The van der Waals surface area contributed by atoms with Crippen LogP contribution in [0.5, 0.6) is 0 Å². The van der Waals surface area contributed by atoms with Crippen molar-refractivity contribution in [2.75, 3.05) is 7.11 Å². The molecule has 25 heavy (non-hydrogen) atoms. The van der Waals surface area contributed by atoms with Crippen molar-refractivity contribution < 1.29 is 17.9 Å². The molecule has 0 amide bonds. The minimum Gasteiger partial charge on any atom is -0.468 e. The second kappa shape index (κ2) is 6.28. The lowest BCUT2D eigenvalue weighted by Crippen LogP contribution is -2.33. The van der Waals surface area contributed by atoms with Gasteiger partial charge in [-0.25, -0.2) is 13.2 Å². The van der Waals surface area contributed by atoms with Crippen molar-refractivity contribution >= 4 is 16.0 Å². The Morgan fingerprint density at radius 2 is 1.72 bits per heavy atom. The summed E-state index contributed by atoms with van der Waals surface area (Å²) >= 11 is 0. The molecular formula is C19H21NO4S. The molecule has 1 heterocycles. The van der Waals surface area contributed by atoms with Gasteiger partial charge in [-0.15, -0.1) is 0 Å². The molecule has 1 fully saturated rings. The molecular weight excluding hydrogens is 338 g/mol. The number of esters is 1. The van der Waals surface area contributed by atoms with Crippen LogP contribution in [-0.2, 0) is 19.6 Å². The number of sulfonamides is 1. The van der Waals surface area contributed by atoms with Crippen molar-refractivity contribution in [2.24, 2.45) is 0 Å². The Morgan fingerprint density at radius 1 is 1.12 bits per heavy atom. The molecule has 1 aliphatic rings. The van der Waals surface area contributed by atoms with E-state index in [-0.39, 0.29) is 4.90 Å². The van der Waals surface area contributed by atoms with Crippen molar-refractivity contribution in [1.29, 1.82) is 0 Å². The number of benzene rings is 2. The molecule has 3 atom stereocenters. The summed E-state index contributed by atoms with van der Waals surface area (Å²) in [5.41, 5.74) is 0.560. The molecule has 1 aliphatic heterocycles. The zero-order valence-electron chi connectivity index (χ0n) is 14.5. The van der Waals surface area contributed by atoms with Gasteiger partial charge in [0, 0.05) is 0 Å². The van der Waals surface area contributed by atoms with Crippen LogP contribution in [0.4, 0.5) is 0 Å². The van der Waals surface area contributed by atoms with E-state index in [2.05, 4.69) is 0 Å². The Balaban J connectivity index is 2.11. The van der Waals surface area contributed by atoms with E-state index < -0.39 is 27.6 Å². The third kappa shape index (κ3) is 2.65. The van der Waals surface area contributed by atoms with Gasteiger partial charge in [-0.1, -0.05) is 55.0 Å². The van der Waals surface area contributed by atoms with Crippen LogP contribution in [0.3, 0.4) is 0 Å².